The summed E-state index contributed by atoms with van der Waals surface area (Å²) in [5.41, 5.74) is 3.87. The summed E-state index contributed by atoms with van der Waals surface area (Å²) in [6.07, 6.45) is 4.81. The summed E-state index contributed by atoms with van der Waals surface area (Å²) in [5, 5.41) is 0. The molecule has 0 atom stereocenters. The molecule has 2 nitrogen and oxygen atoms in total. The SMILES string of the molecule is CCOC(=O)/C=C1\CC(C)(C)CCc2ccccc21. The van der Waals surface area contributed by atoms with Crippen molar-refractivity contribution < 1.29 is 9.53 Å². The van der Waals surface area contributed by atoms with Crippen molar-refractivity contribution in [3.05, 3.63) is 41.5 Å². The normalized spacial score (nSPS) is 19.6. The molecular formula is C17H22O2. The average molecular weight is 258 g/mol. The minimum atomic E-state index is -0.231. The van der Waals surface area contributed by atoms with Crippen LogP contribution in [0.4, 0.5) is 0 Å². The largest absolute Gasteiger partial charge is 0.463 e. The quantitative estimate of drug-likeness (QED) is 0.455. The highest BCUT2D eigenvalue weighted by Gasteiger charge is 2.26. The van der Waals surface area contributed by atoms with Crippen molar-refractivity contribution in [1.82, 2.24) is 0 Å². The number of hydrogen-bond acceptors (Lipinski definition) is 2. The fourth-order valence-corrected chi connectivity index (χ4v) is 2.68. The van der Waals surface area contributed by atoms with Gasteiger partial charge in [-0.05, 0) is 48.3 Å². The van der Waals surface area contributed by atoms with Crippen molar-refractivity contribution in [3.63, 3.8) is 0 Å². The van der Waals surface area contributed by atoms with E-state index in [-0.39, 0.29) is 11.4 Å². The van der Waals surface area contributed by atoms with Crippen molar-refractivity contribution in [2.24, 2.45) is 5.41 Å². The Morgan fingerprint density at radius 2 is 2.11 bits per heavy atom. The van der Waals surface area contributed by atoms with Crippen molar-refractivity contribution in [3.8, 4) is 0 Å². The number of carbonyl (C=O) groups excluding carboxylic acids is 1. The molecule has 102 valence electrons. The molecule has 19 heavy (non-hydrogen) atoms. The van der Waals surface area contributed by atoms with Gasteiger partial charge in [-0.25, -0.2) is 4.79 Å². The van der Waals surface area contributed by atoms with E-state index in [9.17, 15) is 4.79 Å². The van der Waals surface area contributed by atoms with E-state index in [1.807, 2.05) is 13.0 Å². The first-order valence-corrected chi connectivity index (χ1v) is 6.97. The van der Waals surface area contributed by atoms with Gasteiger partial charge in [0.1, 0.15) is 0 Å². The Bertz CT molecular complexity index is 498. The van der Waals surface area contributed by atoms with Crippen LogP contribution in [-0.2, 0) is 16.0 Å². The zero-order valence-electron chi connectivity index (χ0n) is 12.0. The first kappa shape index (κ1) is 13.9. The fraction of sp³-hybridized carbons (Fsp3) is 0.471. The molecule has 0 aliphatic heterocycles. The maximum atomic E-state index is 11.7. The lowest BCUT2D eigenvalue weighted by molar-refractivity contribution is -0.137. The molecule has 0 N–H and O–H groups in total. The Balaban J connectivity index is 2.40. The third kappa shape index (κ3) is 3.46. The molecule has 0 heterocycles. The zero-order chi connectivity index (χ0) is 13.9. The van der Waals surface area contributed by atoms with E-state index in [0.717, 1.165) is 24.8 Å². The molecule has 0 radical (unpaired) electrons. The summed E-state index contributed by atoms with van der Waals surface area (Å²) in [5.74, 6) is -0.231. The van der Waals surface area contributed by atoms with Crippen LogP contribution in [0.25, 0.3) is 5.57 Å². The Morgan fingerprint density at radius 1 is 1.37 bits per heavy atom. The smallest absolute Gasteiger partial charge is 0.331 e. The second-order valence-electron chi connectivity index (χ2n) is 5.92. The number of carbonyl (C=O) groups is 1. The summed E-state index contributed by atoms with van der Waals surface area (Å²) in [6, 6.07) is 8.38. The number of rotatable bonds is 2. The van der Waals surface area contributed by atoms with Gasteiger partial charge in [0, 0.05) is 6.08 Å². The molecule has 0 amide bonds. The molecule has 1 aromatic carbocycles. The van der Waals surface area contributed by atoms with E-state index in [0.29, 0.717) is 6.61 Å². The lowest BCUT2D eigenvalue weighted by Gasteiger charge is -2.22. The molecule has 0 spiro atoms. The predicted molar refractivity (Wildman–Crippen MR) is 77.8 cm³/mol. The highest BCUT2D eigenvalue weighted by atomic mass is 16.5. The number of allylic oxidation sites excluding steroid dienone is 1. The summed E-state index contributed by atoms with van der Waals surface area (Å²) < 4.78 is 5.05. The van der Waals surface area contributed by atoms with Gasteiger partial charge in [-0.15, -0.1) is 0 Å². The Morgan fingerprint density at radius 3 is 2.84 bits per heavy atom. The molecule has 0 saturated heterocycles. The number of ether oxygens (including phenoxy) is 1. The molecule has 2 rings (SSSR count). The summed E-state index contributed by atoms with van der Waals surface area (Å²) in [6.45, 7) is 6.78. The number of esters is 1. The molecule has 1 aliphatic rings. The topological polar surface area (TPSA) is 26.3 Å². The van der Waals surface area contributed by atoms with Gasteiger partial charge in [0.15, 0.2) is 0 Å². The van der Waals surface area contributed by atoms with E-state index >= 15 is 0 Å². The van der Waals surface area contributed by atoms with Crippen molar-refractivity contribution in [1.29, 1.82) is 0 Å². The van der Waals surface area contributed by atoms with Gasteiger partial charge in [-0.1, -0.05) is 38.1 Å². The summed E-state index contributed by atoms with van der Waals surface area (Å²) in [7, 11) is 0. The first-order valence-electron chi connectivity index (χ1n) is 6.97. The number of fused-ring (bicyclic) bond motifs is 1. The van der Waals surface area contributed by atoms with Gasteiger partial charge >= 0.3 is 5.97 Å². The highest BCUT2D eigenvalue weighted by Crippen LogP contribution is 2.39. The van der Waals surface area contributed by atoms with Gasteiger partial charge in [-0.2, -0.15) is 0 Å². The van der Waals surface area contributed by atoms with Crippen LogP contribution in [0.1, 0.15) is 44.7 Å². The van der Waals surface area contributed by atoms with Gasteiger partial charge in [-0.3, -0.25) is 0 Å². The average Bonchev–Trinajstić information content (AvgIpc) is 2.47. The molecule has 1 aromatic rings. The van der Waals surface area contributed by atoms with Crippen LogP contribution in [0.3, 0.4) is 0 Å². The third-order valence-electron chi connectivity index (χ3n) is 3.68. The molecule has 1 aliphatic carbocycles. The highest BCUT2D eigenvalue weighted by molar-refractivity contribution is 5.92. The van der Waals surface area contributed by atoms with Crippen LogP contribution >= 0.6 is 0 Å². The van der Waals surface area contributed by atoms with Crippen LogP contribution in [-0.4, -0.2) is 12.6 Å². The first-order chi connectivity index (χ1) is 9.02. The van der Waals surface area contributed by atoms with Crippen LogP contribution in [0.2, 0.25) is 0 Å². The lowest BCUT2D eigenvalue weighted by Crippen LogP contribution is -2.11. The van der Waals surface area contributed by atoms with E-state index in [1.165, 1.54) is 11.1 Å². The molecule has 0 fully saturated rings. The molecule has 2 heteroatoms. The molecule has 0 unspecified atom stereocenters. The number of benzene rings is 1. The van der Waals surface area contributed by atoms with Gasteiger partial charge in [0.2, 0.25) is 0 Å². The number of aryl methyl sites for hydroxylation is 1. The molecule has 0 saturated carbocycles. The standard InChI is InChI=1S/C17H22O2/c1-4-19-16(18)11-14-12-17(2,3)10-9-13-7-5-6-8-15(13)14/h5-8,11H,4,9-10,12H2,1-3H3/b14-11+. The number of hydrogen-bond donors (Lipinski definition) is 0. The maximum absolute atomic E-state index is 11.7. The molecular weight excluding hydrogens is 236 g/mol. The third-order valence-corrected chi connectivity index (χ3v) is 3.68. The second kappa shape index (κ2) is 5.60. The van der Waals surface area contributed by atoms with E-state index in [1.54, 1.807) is 6.08 Å². The van der Waals surface area contributed by atoms with Crippen molar-refractivity contribution in [2.45, 2.75) is 40.0 Å². The fourth-order valence-electron chi connectivity index (χ4n) is 2.68. The summed E-state index contributed by atoms with van der Waals surface area (Å²) >= 11 is 0. The zero-order valence-corrected chi connectivity index (χ0v) is 12.0. The van der Waals surface area contributed by atoms with Gasteiger partial charge in [0.25, 0.3) is 0 Å². The Labute approximate surface area is 115 Å². The van der Waals surface area contributed by atoms with Crippen LogP contribution in [0.15, 0.2) is 30.3 Å². The van der Waals surface area contributed by atoms with Gasteiger partial charge < -0.3 is 4.74 Å². The van der Waals surface area contributed by atoms with E-state index in [2.05, 4.69) is 32.0 Å². The van der Waals surface area contributed by atoms with Crippen LogP contribution in [0, 0.1) is 5.41 Å². The molecule has 0 bridgehead atoms. The monoisotopic (exact) mass is 258 g/mol. The lowest BCUT2D eigenvalue weighted by atomic mass is 9.82. The van der Waals surface area contributed by atoms with Crippen LogP contribution < -0.4 is 0 Å². The summed E-state index contributed by atoms with van der Waals surface area (Å²) in [4.78, 5) is 11.7. The second-order valence-corrected chi connectivity index (χ2v) is 5.92. The predicted octanol–water partition coefficient (Wildman–Crippen LogP) is 4.00. The van der Waals surface area contributed by atoms with Gasteiger partial charge in [0.05, 0.1) is 6.61 Å². The maximum Gasteiger partial charge on any atom is 0.331 e. The minimum absolute atomic E-state index is 0.220. The minimum Gasteiger partial charge on any atom is -0.463 e. The molecule has 0 aromatic heterocycles. The van der Waals surface area contributed by atoms with Crippen molar-refractivity contribution >= 4 is 11.5 Å². The van der Waals surface area contributed by atoms with Crippen molar-refractivity contribution in [2.75, 3.05) is 6.61 Å². The van der Waals surface area contributed by atoms with E-state index < -0.39 is 0 Å². The van der Waals surface area contributed by atoms with Crippen LogP contribution in [0.5, 0.6) is 0 Å². The Hall–Kier alpha value is -1.57. The Kier molecular flexibility index (Phi) is 4.08. The van der Waals surface area contributed by atoms with E-state index in [4.69, 9.17) is 4.74 Å².